The van der Waals surface area contributed by atoms with Crippen molar-refractivity contribution in [2.75, 3.05) is 6.61 Å². The van der Waals surface area contributed by atoms with E-state index in [-0.39, 0.29) is 18.3 Å². The second kappa shape index (κ2) is 9.54. The Morgan fingerprint density at radius 3 is 2.52 bits per heavy atom. The number of nitrogens with zero attached hydrogens (tertiary/aromatic N) is 3. The standard InChI is InChI=1S/C25H25N3O4S/c1-5-31-24(30)21-16(4)27-25-28(22(21)18-6-8-19(9-7-18)32-15(2)3)23(29)20(33-25)14-17-10-12-26-13-11-17/h6-15,22H,5H2,1-4H3/b20-14+. The van der Waals surface area contributed by atoms with E-state index in [9.17, 15) is 9.59 Å². The van der Waals surface area contributed by atoms with E-state index in [0.29, 0.717) is 20.6 Å². The third kappa shape index (κ3) is 4.66. The van der Waals surface area contributed by atoms with Gasteiger partial charge in [-0.1, -0.05) is 23.5 Å². The minimum atomic E-state index is -0.645. The lowest BCUT2D eigenvalue weighted by atomic mass is 9.96. The Balaban J connectivity index is 1.90. The maximum absolute atomic E-state index is 13.5. The number of esters is 1. The first kappa shape index (κ1) is 22.7. The molecule has 7 nitrogen and oxygen atoms in total. The number of hydrogen-bond donors (Lipinski definition) is 0. The molecule has 1 unspecified atom stereocenters. The summed E-state index contributed by atoms with van der Waals surface area (Å²) in [6.07, 6.45) is 5.20. The first-order valence-electron chi connectivity index (χ1n) is 10.8. The average Bonchev–Trinajstić information content (AvgIpc) is 3.08. The Hall–Kier alpha value is -3.52. The van der Waals surface area contributed by atoms with Gasteiger partial charge in [-0.15, -0.1) is 0 Å². The predicted octanol–water partition coefficient (Wildman–Crippen LogP) is 2.98. The molecule has 1 aliphatic rings. The number of rotatable bonds is 6. The number of hydrogen-bond acceptors (Lipinski definition) is 7. The summed E-state index contributed by atoms with van der Waals surface area (Å²) in [5, 5.41) is 0. The summed E-state index contributed by atoms with van der Waals surface area (Å²) >= 11 is 1.29. The molecular formula is C25H25N3O4S. The topological polar surface area (TPSA) is 82.8 Å². The minimum absolute atomic E-state index is 0.0407. The van der Waals surface area contributed by atoms with Gasteiger partial charge in [-0.2, -0.15) is 0 Å². The molecule has 1 atom stereocenters. The van der Waals surface area contributed by atoms with Gasteiger partial charge in [-0.3, -0.25) is 14.3 Å². The van der Waals surface area contributed by atoms with Gasteiger partial charge < -0.3 is 9.47 Å². The van der Waals surface area contributed by atoms with E-state index >= 15 is 0 Å². The number of benzene rings is 1. The molecule has 3 heterocycles. The van der Waals surface area contributed by atoms with Gasteiger partial charge in [0.1, 0.15) is 5.75 Å². The fourth-order valence-corrected chi connectivity index (χ4v) is 4.77. The molecule has 1 aromatic carbocycles. The van der Waals surface area contributed by atoms with Gasteiger partial charge in [0.05, 0.1) is 34.6 Å². The van der Waals surface area contributed by atoms with Crippen molar-refractivity contribution in [3.8, 4) is 5.75 Å². The second-order valence-corrected chi connectivity index (χ2v) is 8.83. The maximum atomic E-state index is 13.5. The smallest absolute Gasteiger partial charge is 0.338 e. The zero-order valence-corrected chi connectivity index (χ0v) is 19.8. The summed E-state index contributed by atoms with van der Waals surface area (Å²) in [5.41, 5.74) is 2.33. The van der Waals surface area contributed by atoms with Crippen LogP contribution in [0, 0.1) is 0 Å². The molecule has 170 valence electrons. The zero-order valence-electron chi connectivity index (χ0n) is 18.9. The summed E-state index contributed by atoms with van der Waals surface area (Å²) in [6.45, 7) is 7.68. The molecule has 4 rings (SSSR count). The molecule has 1 aliphatic heterocycles. The molecule has 2 aromatic heterocycles. The van der Waals surface area contributed by atoms with Gasteiger partial charge in [0, 0.05) is 12.4 Å². The van der Waals surface area contributed by atoms with Crippen LogP contribution in [0.1, 0.15) is 44.9 Å². The molecule has 0 saturated carbocycles. The Morgan fingerprint density at radius 1 is 1.18 bits per heavy atom. The lowest BCUT2D eigenvalue weighted by molar-refractivity contribution is -0.139. The number of allylic oxidation sites excluding steroid dienone is 1. The van der Waals surface area contributed by atoms with E-state index in [1.54, 1.807) is 30.8 Å². The van der Waals surface area contributed by atoms with Crippen molar-refractivity contribution in [2.24, 2.45) is 4.99 Å². The summed E-state index contributed by atoms with van der Waals surface area (Å²) in [7, 11) is 0. The van der Waals surface area contributed by atoms with Crippen molar-refractivity contribution in [1.29, 1.82) is 0 Å². The Labute approximate surface area is 195 Å². The monoisotopic (exact) mass is 463 g/mol. The van der Waals surface area contributed by atoms with Crippen molar-refractivity contribution in [1.82, 2.24) is 9.55 Å². The third-order valence-electron chi connectivity index (χ3n) is 5.09. The summed E-state index contributed by atoms with van der Waals surface area (Å²) in [4.78, 5) is 35.6. The van der Waals surface area contributed by atoms with Crippen LogP contribution in [0.5, 0.6) is 5.75 Å². The number of fused-ring (bicyclic) bond motifs is 1. The molecule has 0 saturated heterocycles. The van der Waals surface area contributed by atoms with E-state index in [1.165, 1.54) is 11.3 Å². The third-order valence-corrected chi connectivity index (χ3v) is 6.07. The Kier molecular flexibility index (Phi) is 6.55. The van der Waals surface area contributed by atoms with Crippen LogP contribution in [-0.4, -0.2) is 28.2 Å². The molecule has 0 bridgehead atoms. The molecule has 8 heteroatoms. The van der Waals surface area contributed by atoms with Crippen molar-refractivity contribution in [2.45, 2.75) is 39.8 Å². The first-order valence-corrected chi connectivity index (χ1v) is 11.6. The van der Waals surface area contributed by atoms with Crippen molar-refractivity contribution >= 4 is 23.4 Å². The first-order chi connectivity index (χ1) is 15.9. The van der Waals surface area contributed by atoms with E-state index in [4.69, 9.17) is 9.47 Å². The fraction of sp³-hybridized carbons (Fsp3) is 0.280. The molecule has 0 spiro atoms. The van der Waals surface area contributed by atoms with E-state index in [2.05, 4.69) is 9.98 Å². The van der Waals surface area contributed by atoms with Crippen LogP contribution in [0.15, 0.2) is 69.8 Å². The van der Waals surface area contributed by atoms with Crippen molar-refractivity contribution in [3.05, 3.63) is 90.9 Å². The van der Waals surface area contributed by atoms with E-state index in [0.717, 1.165) is 16.9 Å². The largest absolute Gasteiger partial charge is 0.491 e. The summed E-state index contributed by atoms with van der Waals surface area (Å²) < 4.78 is 13.2. The molecule has 0 fully saturated rings. The highest BCUT2D eigenvalue weighted by atomic mass is 32.1. The summed E-state index contributed by atoms with van der Waals surface area (Å²) in [6, 6.07) is 10.5. The van der Waals surface area contributed by atoms with Gasteiger partial charge in [0.15, 0.2) is 4.80 Å². The predicted molar refractivity (Wildman–Crippen MR) is 127 cm³/mol. The summed E-state index contributed by atoms with van der Waals surface area (Å²) in [5.74, 6) is 0.243. The highest BCUT2D eigenvalue weighted by molar-refractivity contribution is 7.07. The highest BCUT2D eigenvalue weighted by Gasteiger charge is 2.33. The lowest BCUT2D eigenvalue weighted by Crippen LogP contribution is -2.39. The van der Waals surface area contributed by atoms with Gasteiger partial charge >= 0.3 is 5.97 Å². The number of pyridine rings is 1. The quantitative estimate of drug-likeness (QED) is 0.525. The van der Waals surface area contributed by atoms with E-state index in [1.807, 2.05) is 56.3 Å². The number of carbonyl (C=O) groups is 1. The second-order valence-electron chi connectivity index (χ2n) is 7.82. The van der Waals surface area contributed by atoms with Crippen molar-refractivity contribution < 1.29 is 14.3 Å². The van der Waals surface area contributed by atoms with Crippen LogP contribution in [0.4, 0.5) is 0 Å². The van der Waals surface area contributed by atoms with E-state index < -0.39 is 12.0 Å². The Morgan fingerprint density at radius 2 is 1.88 bits per heavy atom. The van der Waals surface area contributed by atoms with Gasteiger partial charge in [0.2, 0.25) is 0 Å². The number of thiazole rings is 1. The molecule has 3 aromatic rings. The van der Waals surface area contributed by atoms with Crippen LogP contribution in [-0.2, 0) is 9.53 Å². The molecule has 0 N–H and O–H groups in total. The van der Waals surface area contributed by atoms with Gasteiger partial charge in [-0.05, 0) is 69.2 Å². The Bertz CT molecular complexity index is 1370. The SMILES string of the molecule is CCOC(=O)C1=C(C)N=c2s/c(=C/c3ccncc3)c(=O)n2C1c1ccc(OC(C)C)cc1. The maximum Gasteiger partial charge on any atom is 0.338 e. The molecule has 0 aliphatic carbocycles. The van der Waals surface area contributed by atoms with Crippen molar-refractivity contribution in [3.63, 3.8) is 0 Å². The molecule has 0 amide bonds. The van der Waals surface area contributed by atoms with Crippen LogP contribution in [0.25, 0.3) is 6.08 Å². The highest BCUT2D eigenvalue weighted by Crippen LogP contribution is 2.31. The average molecular weight is 464 g/mol. The molecular weight excluding hydrogens is 438 g/mol. The van der Waals surface area contributed by atoms with Crippen LogP contribution < -0.4 is 19.6 Å². The van der Waals surface area contributed by atoms with Crippen LogP contribution in [0.3, 0.4) is 0 Å². The fourth-order valence-electron chi connectivity index (χ4n) is 3.72. The normalized spacial score (nSPS) is 15.9. The van der Waals surface area contributed by atoms with Crippen LogP contribution in [0.2, 0.25) is 0 Å². The van der Waals surface area contributed by atoms with Gasteiger partial charge in [0.25, 0.3) is 5.56 Å². The lowest BCUT2D eigenvalue weighted by Gasteiger charge is -2.25. The molecule has 33 heavy (non-hydrogen) atoms. The molecule has 0 radical (unpaired) electrons. The minimum Gasteiger partial charge on any atom is -0.491 e. The number of carbonyl (C=O) groups excluding carboxylic acids is 1. The number of aromatic nitrogens is 2. The van der Waals surface area contributed by atoms with Gasteiger partial charge in [-0.25, -0.2) is 9.79 Å². The van der Waals surface area contributed by atoms with Crippen LogP contribution >= 0.6 is 11.3 Å². The zero-order chi connectivity index (χ0) is 23.5. The number of ether oxygens (including phenoxy) is 2.